The van der Waals surface area contributed by atoms with Crippen LogP contribution in [0.2, 0.25) is 0 Å². The summed E-state index contributed by atoms with van der Waals surface area (Å²) >= 11 is 1.69. The zero-order chi connectivity index (χ0) is 11.8. The maximum absolute atomic E-state index is 11.9. The standard InChI is InChI=1S/C13H18N2OS/c1-9(10-2-3-10)7-15-12(16)6-14-13(15)11-4-5-17-8-11/h4-5,8-10,13-14H,2-3,6-7H2,1H3. The van der Waals surface area contributed by atoms with Crippen LogP contribution < -0.4 is 5.32 Å². The van der Waals surface area contributed by atoms with Gasteiger partial charge in [0.05, 0.1) is 6.54 Å². The molecule has 1 aliphatic heterocycles. The molecule has 17 heavy (non-hydrogen) atoms. The monoisotopic (exact) mass is 250 g/mol. The molecule has 92 valence electrons. The van der Waals surface area contributed by atoms with Crippen LogP contribution in [0.15, 0.2) is 16.8 Å². The van der Waals surface area contributed by atoms with Gasteiger partial charge in [-0.15, -0.1) is 0 Å². The Balaban J connectivity index is 1.72. The van der Waals surface area contributed by atoms with Crippen LogP contribution in [0.25, 0.3) is 0 Å². The SMILES string of the molecule is CC(CN1C(=O)CNC1c1ccsc1)C1CC1. The van der Waals surface area contributed by atoms with Gasteiger partial charge in [-0.1, -0.05) is 6.92 Å². The van der Waals surface area contributed by atoms with Crippen LogP contribution in [-0.2, 0) is 4.79 Å². The molecule has 2 fully saturated rings. The van der Waals surface area contributed by atoms with E-state index in [0.29, 0.717) is 12.5 Å². The lowest BCUT2D eigenvalue weighted by Gasteiger charge is -2.26. The van der Waals surface area contributed by atoms with Crippen LogP contribution in [0.4, 0.5) is 0 Å². The number of carbonyl (C=O) groups excluding carboxylic acids is 1. The van der Waals surface area contributed by atoms with Crippen molar-refractivity contribution in [1.29, 1.82) is 0 Å². The summed E-state index contributed by atoms with van der Waals surface area (Å²) in [6.45, 7) is 3.66. The second-order valence-corrected chi connectivity index (χ2v) is 5.98. The highest BCUT2D eigenvalue weighted by molar-refractivity contribution is 7.07. The minimum Gasteiger partial charge on any atom is -0.322 e. The van der Waals surface area contributed by atoms with Gasteiger partial charge in [0, 0.05) is 6.54 Å². The fourth-order valence-electron chi connectivity index (χ4n) is 2.60. The van der Waals surface area contributed by atoms with E-state index >= 15 is 0 Å². The Kier molecular flexibility index (Phi) is 2.92. The number of carbonyl (C=O) groups is 1. The summed E-state index contributed by atoms with van der Waals surface area (Å²) in [7, 11) is 0. The largest absolute Gasteiger partial charge is 0.322 e. The average Bonchev–Trinajstić information content (AvgIpc) is 2.93. The lowest BCUT2D eigenvalue weighted by Crippen LogP contribution is -2.34. The topological polar surface area (TPSA) is 32.3 Å². The first-order chi connectivity index (χ1) is 8.25. The van der Waals surface area contributed by atoms with E-state index < -0.39 is 0 Å². The molecule has 0 bridgehead atoms. The molecule has 0 radical (unpaired) electrons. The molecule has 1 aromatic heterocycles. The molecule has 3 nitrogen and oxygen atoms in total. The molecule has 1 aromatic rings. The minimum absolute atomic E-state index is 0.106. The van der Waals surface area contributed by atoms with Crippen LogP contribution in [0, 0.1) is 11.8 Å². The fraction of sp³-hybridized carbons (Fsp3) is 0.615. The second-order valence-electron chi connectivity index (χ2n) is 5.20. The van der Waals surface area contributed by atoms with Gasteiger partial charge in [-0.05, 0) is 47.1 Å². The predicted octanol–water partition coefficient (Wildman–Crippen LogP) is 2.22. The van der Waals surface area contributed by atoms with Crippen LogP contribution >= 0.6 is 11.3 Å². The Morgan fingerprint density at radius 1 is 1.59 bits per heavy atom. The van der Waals surface area contributed by atoms with Crippen molar-refractivity contribution in [2.75, 3.05) is 13.1 Å². The second kappa shape index (κ2) is 4.42. The number of hydrogen-bond donors (Lipinski definition) is 1. The van der Waals surface area contributed by atoms with Crippen molar-refractivity contribution in [3.8, 4) is 0 Å². The molecule has 4 heteroatoms. The Hall–Kier alpha value is -0.870. The van der Waals surface area contributed by atoms with E-state index in [1.165, 1.54) is 18.4 Å². The smallest absolute Gasteiger partial charge is 0.238 e. The first-order valence-electron chi connectivity index (χ1n) is 6.30. The van der Waals surface area contributed by atoms with Crippen molar-refractivity contribution < 1.29 is 4.79 Å². The van der Waals surface area contributed by atoms with E-state index in [-0.39, 0.29) is 12.1 Å². The fourth-order valence-corrected chi connectivity index (χ4v) is 3.28. The molecule has 1 N–H and O–H groups in total. The highest BCUT2D eigenvalue weighted by Crippen LogP contribution is 2.38. The van der Waals surface area contributed by atoms with Gasteiger partial charge >= 0.3 is 0 Å². The van der Waals surface area contributed by atoms with E-state index in [1.807, 2.05) is 4.90 Å². The molecular weight excluding hydrogens is 232 g/mol. The van der Waals surface area contributed by atoms with Gasteiger partial charge in [-0.2, -0.15) is 11.3 Å². The molecule has 0 aromatic carbocycles. The summed E-state index contributed by atoms with van der Waals surface area (Å²) in [6, 6.07) is 2.11. The first kappa shape index (κ1) is 11.2. The van der Waals surface area contributed by atoms with Crippen molar-refractivity contribution >= 4 is 17.2 Å². The van der Waals surface area contributed by atoms with Gasteiger partial charge in [0.1, 0.15) is 6.17 Å². The number of nitrogens with zero attached hydrogens (tertiary/aromatic N) is 1. The molecule has 3 rings (SSSR count). The summed E-state index contributed by atoms with van der Waals surface area (Å²) in [5, 5.41) is 7.51. The highest BCUT2D eigenvalue weighted by atomic mass is 32.1. The molecule has 1 saturated heterocycles. The summed E-state index contributed by atoms with van der Waals surface area (Å²) in [5.41, 5.74) is 1.23. The third kappa shape index (κ3) is 2.24. The maximum atomic E-state index is 11.9. The van der Waals surface area contributed by atoms with E-state index in [4.69, 9.17) is 0 Å². The number of nitrogens with one attached hydrogen (secondary N) is 1. The van der Waals surface area contributed by atoms with Crippen LogP contribution in [0.3, 0.4) is 0 Å². The molecule has 2 atom stereocenters. The molecular formula is C13H18N2OS. The number of hydrogen-bond acceptors (Lipinski definition) is 3. The van der Waals surface area contributed by atoms with Crippen molar-refractivity contribution in [2.45, 2.75) is 25.9 Å². The molecule has 2 unspecified atom stereocenters. The molecule has 1 amide bonds. The van der Waals surface area contributed by atoms with Gasteiger partial charge in [0.15, 0.2) is 0 Å². The Morgan fingerprint density at radius 2 is 2.41 bits per heavy atom. The van der Waals surface area contributed by atoms with E-state index in [2.05, 4.69) is 29.1 Å². The zero-order valence-electron chi connectivity index (χ0n) is 10.1. The third-order valence-corrected chi connectivity index (χ3v) is 4.55. The number of thiophene rings is 1. The number of rotatable bonds is 4. The molecule has 2 heterocycles. The molecule has 1 saturated carbocycles. The first-order valence-corrected chi connectivity index (χ1v) is 7.25. The van der Waals surface area contributed by atoms with Crippen molar-refractivity contribution in [1.82, 2.24) is 10.2 Å². The zero-order valence-corrected chi connectivity index (χ0v) is 10.9. The lowest BCUT2D eigenvalue weighted by molar-refractivity contribution is -0.128. The molecule has 1 aliphatic carbocycles. The van der Waals surface area contributed by atoms with Gasteiger partial charge in [0.2, 0.25) is 5.91 Å². The van der Waals surface area contributed by atoms with Crippen LogP contribution in [0.5, 0.6) is 0 Å². The van der Waals surface area contributed by atoms with Crippen LogP contribution in [-0.4, -0.2) is 23.9 Å². The summed E-state index contributed by atoms with van der Waals surface area (Å²) in [5.74, 6) is 1.74. The van der Waals surface area contributed by atoms with Crippen molar-refractivity contribution in [3.05, 3.63) is 22.4 Å². The Labute approximate surface area is 106 Å². The molecule has 0 spiro atoms. The Bertz CT molecular complexity index is 400. The quantitative estimate of drug-likeness (QED) is 0.888. The molecule has 2 aliphatic rings. The maximum Gasteiger partial charge on any atom is 0.238 e. The highest BCUT2D eigenvalue weighted by Gasteiger charge is 2.36. The van der Waals surface area contributed by atoms with E-state index in [1.54, 1.807) is 11.3 Å². The average molecular weight is 250 g/mol. The predicted molar refractivity (Wildman–Crippen MR) is 68.7 cm³/mol. The Morgan fingerprint density at radius 3 is 3.06 bits per heavy atom. The third-order valence-electron chi connectivity index (χ3n) is 3.85. The van der Waals surface area contributed by atoms with Gasteiger partial charge in [0.25, 0.3) is 0 Å². The minimum atomic E-state index is 0.106. The summed E-state index contributed by atoms with van der Waals surface area (Å²) in [4.78, 5) is 13.9. The van der Waals surface area contributed by atoms with Crippen molar-refractivity contribution in [2.24, 2.45) is 11.8 Å². The van der Waals surface area contributed by atoms with E-state index in [9.17, 15) is 4.79 Å². The van der Waals surface area contributed by atoms with Crippen molar-refractivity contribution in [3.63, 3.8) is 0 Å². The van der Waals surface area contributed by atoms with E-state index in [0.717, 1.165) is 12.5 Å². The normalized spacial score (nSPS) is 26.5. The number of amides is 1. The van der Waals surface area contributed by atoms with Gasteiger partial charge in [-0.25, -0.2) is 0 Å². The van der Waals surface area contributed by atoms with Crippen LogP contribution in [0.1, 0.15) is 31.5 Å². The van der Waals surface area contributed by atoms with Gasteiger partial charge < -0.3 is 4.90 Å². The van der Waals surface area contributed by atoms with Gasteiger partial charge in [-0.3, -0.25) is 10.1 Å². The summed E-state index contributed by atoms with van der Waals surface area (Å²) in [6.07, 6.45) is 2.80. The summed E-state index contributed by atoms with van der Waals surface area (Å²) < 4.78 is 0. The lowest BCUT2D eigenvalue weighted by atomic mass is 10.1.